The average molecular weight is 651 g/mol. The maximum Gasteiger partial charge on any atom is 0.178 e. The van der Waals surface area contributed by atoms with Gasteiger partial charge in [0.25, 0.3) is 0 Å². The lowest BCUT2D eigenvalue weighted by Gasteiger charge is -2.07. The van der Waals surface area contributed by atoms with E-state index in [2.05, 4.69) is 131 Å². The molecular weight excluding hydrogens is 585 g/mol. The second kappa shape index (κ2) is 21.5. The molecule has 4 heteroatoms. The van der Waals surface area contributed by atoms with Crippen molar-refractivity contribution in [2.24, 2.45) is 0 Å². The van der Waals surface area contributed by atoms with Crippen LogP contribution in [0.15, 0.2) is 85.5 Å². The van der Waals surface area contributed by atoms with Gasteiger partial charge in [0.05, 0.1) is 0 Å². The van der Waals surface area contributed by atoms with Gasteiger partial charge in [-0.15, -0.1) is 0 Å². The highest BCUT2D eigenvalue weighted by atomic mass is 15.0. The second-order valence-electron chi connectivity index (χ2n) is 14.2. The number of aryl methyl sites for hydroxylation is 8. The van der Waals surface area contributed by atoms with Gasteiger partial charge in [-0.1, -0.05) is 63.5 Å². The normalized spacial score (nSPS) is 11.3. The minimum absolute atomic E-state index is 1.13. The first-order valence-electron chi connectivity index (χ1n) is 19.4. The molecule has 48 heavy (non-hydrogen) atoms. The minimum atomic E-state index is 1.13. The van der Waals surface area contributed by atoms with Gasteiger partial charge >= 0.3 is 0 Å². The van der Waals surface area contributed by atoms with Crippen LogP contribution >= 0.6 is 0 Å². The maximum absolute atomic E-state index is 2.44. The maximum atomic E-state index is 2.44. The fraction of sp³-hybridized carbons (Fsp3) is 0.545. The van der Waals surface area contributed by atoms with E-state index in [9.17, 15) is 0 Å². The Morgan fingerprint density at radius 3 is 0.896 bits per heavy atom. The Kier molecular flexibility index (Phi) is 16.8. The van der Waals surface area contributed by atoms with Crippen LogP contribution in [-0.4, -0.2) is 0 Å². The Morgan fingerprint density at radius 1 is 0.312 bits per heavy atom. The van der Waals surface area contributed by atoms with E-state index in [-0.39, 0.29) is 0 Å². The van der Waals surface area contributed by atoms with E-state index in [1.54, 1.807) is 0 Å². The van der Waals surface area contributed by atoms with E-state index in [0.717, 1.165) is 26.2 Å². The van der Waals surface area contributed by atoms with Gasteiger partial charge in [-0.3, -0.25) is 0 Å². The van der Waals surface area contributed by atoms with Crippen molar-refractivity contribution in [2.45, 2.75) is 157 Å². The zero-order chi connectivity index (χ0) is 33.8. The largest absolute Gasteiger partial charge is 0.203 e. The van der Waals surface area contributed by atoms with Crippen molar-refractivity contribution in [3.63, 3.8) is 0 Å². The van der Waals surface area contributed by atoms with Crippen molar-refractivity contribution in [1.82, 2.24) is 0 Å². The van der Waals surface area contributed by atoms with Gasteiger partial charge in [-0.2, -0.15) is 0 Å². The first-order valence-corrected chi connectivity index (χ1v) is 19.4. The molecule has 0 saturated heterocycles. The zero-order valence-electron chi connectivity index (χ0n) is 31.0. The van der Waals surface area contributed by atoms with Crippen LogP contribution in [0.25, 0.3) is 11.1 Å². The molecule has 0 saturated carbocycles. The van der Waals surface area contributed by atoms with Crippen molar-refractivity contribution in [3.05, 3.63) is 108 Å². The van der Waals surface area contributed by atoms with E-state index in [0.29, 0.717) is 0 Å². The first kappa shape index (κ1) is 37.4. The van der Waals surface area contributed by atoms with E-state index in [1.165, 1.54) is 137 Å². The summed E-state index contributed by atoms with van der Waals surface area (Å²) >= 11 is 0. The number of hydrogen-bond acceptors (Lipinski definition) is 0. The number of aromatic nitrogens is 4. The zero-order valence-corrected chi connectivity index (χ0v) is 31.0. The summed E-state index contributed by atoms with van der Waals surface area (Å²) < 4.78 is 9.63. The molecule has 0 aliphatic heterocycles. The molecule has 0 fully saturated rings. The predicted octanol–water partition coefficient (Wildman–Crippen LogP) is 9.38. The molecule has 4 aromatic heterocycles. The third-order valence-corrected chi connectivity index (χ3v) is 10.3. The number of unbranched alkanes of at least 4 members (excludes halogenated alkanes) is 14. The van der Waals surface area contributed by atoms with Gasteiger partial charge in [0, 0.05) is 102 Å². The summed E-state index contributed by atoms with van der Waals surface area (Å²) in [7, 11) is 0. The van der Waals surface area contributed by atoms with E-state index < -0.39 is 0 Å². The Labute approximate surface area is 293 Å². The highest BCUT2D eigenvalue weighted by molar-refractivity contribution is 5.62. The highest BCUT2D eigenvalue weighted by Gasteiger charge is 2.13. The summed E-state index contributed by atoms with van der Waals surface area (Å²) in [6.45, 7) is 13.5. The van der Waals surface area contributed by atoms with Crippen LogP contribution in [0, 0.1) is 27.7 Å². The second-order valence-corrected chi connectivity index (χ2v) is 14.2. The third-order valence-electron chi connectivity index (χ3n) is 10.3. The van der Waals surface area contributed by atoms with Crippen LogP contribution in [0.4, 0.5) is 0 Å². The van der Waals surface area contributed by atoms with Gasteiger partial charge in [0.1, 0.15) is 26.2 Å². The molecule has 0 radical (unpaired) electrons. The van der Waals surface area contributed by atoms with Crippen molar-refractivity contribution < 1.29 is 18.3 Å². The molecule has 0 N–H and O–H groups in total. The van der Waals surface area contributed by atoms with Crippen LogP contribution in [0.3, 0.4) is 0 Å². The fourth-order valence-electron chi connectivity index (χ4n) is 7.02. The fourth-order valence-corrected chi connectivity index (χ4v) is 7.02. The molecule has 0 amide bonds. The Hall–Kier alpha value is -3.40. The molecule has 4 heterocycles. The molecule has 0 bridgehead atoms. The lowest BCUT2D eigenvalue weighted by Crippen LogP contribution is -2.37. The monoisotopic (exact) mass is 651 g/mol. The Bertz CT molecular complexity index is 1380. The summed E-state index contributed by atoms with van der Waals surface area (Å²) in [6, 6.07) is 22.3. The van der Waals surface area contributed by atoms with Crippen molar-refractivity contribution in [1.29, 1.82) is 0 Å². The van der Waals surface area contributed by atoms with Crippen LogP contribution in [-0.2, 0) is 26.2 Å². The summed E-state index contributed by atoms with van der Waals surface area (Å²) in [5.74, 6) is 0. The molecule has 0 unspecified atom stereocenters. The average Bonchev–Trinajstić information content (AvgIpc) is 3.09. The molecule has 0 aromatic carbocycles. The SMILES string of the molecule is Cc1cccc[n+]1CCCCCCCCCC[n+]1ccc(-c2cc[n+](CCCCCCCCCC[n+]3ccccc3C)c(C)c2)cc1C. The lowest BCUT2D eigenvalue weighted by molar-refractivity contribution is -0.703. The molecular formula is C44H66N4+4. The summed E-state index contributed by atoms with van der Waals surface area (Å²) in [5.41, 5.74) is 8.11. The van der Waals surface area contributed by atoms with Gasteiger partial charge < -0.3 is 0 Å². The Balaban J connectivity index is 1.03. The van der Waals surface area contributed by atoms with Crippen molar-refractivity contribution >= 4 is 0 Å². The van der Waals surface area contributed by atoms with Gasteiger partial charge in [-0.05, 0) is 36.8 Å². The smallest absolute Gasteiger partial charge is 0.178 e. The number of rotatable bonds is 23. The van der Waals surface area contributed by atoms with E-state index in [4.69, 9.17) is 0 Å². The molecule has 258 valence electrons. The summed E-state index contributed by atoms with van der Waals surface area (Å²) in [4.78, 5) is 0. The molecule has 4 nitrogen and oxygen atoms in total. The van der Waals surface area contributed by atoms with Crippen LogP contribution in [0.2, 0.25) is 0 Å². The summed E-state index contributed by atoms with van der Waals surface area (Å²) in [6.07, 6.45) is 30.5. The number of pyridine rings is 4. The molecule has 4 aromatic rings. The van der Waals surface area contributed by atoms with E-state index in [1.807, 2.05) is 0 Å². The molecule has 4 rings (SSSR count). The molecule has 0 aliphatic rings. The van der Waals surface area contributed by atoms with E-state index >= 15 is 0 Å². The van der Waals surface area contributed by atoms with Gasteiger partial charge in [-0.25, -0.2) is 18.3 Å². The van der Waals surface area contributed by atoms with Crippen LogP contribution < -0.4 is 18.3 Å². The number of nitrogens with zero attached hydrogens (tertiary/aromatic N) is 4. The molecule has 0 aliphatic carbocycles. The first-order chi connectivity index (χ1) is 23.5. The highest BCUT2D eigenvalue weighted by Crippen LogP contribution is 2.19. The van der Waals surface area contributed by atoms with Gasteiger partial charge in [0.2, 0.25) is 0 Å². The lowest BCUT2D eigenvalue weighted by atomic mass is 10.1. The van der Waals surface area contributed by atoms with Crippen LogP contribution in [0.5, 0.6) is 0 Å². The Morgan fingerprint density at radius 2 is 0.604 bits per heavy atom. The molecule has 0 atom stereocenters. The standard InChI is InChI=1S/C44H66N4/c1-39-25-17-23-33-45(39)29-19-13-9-5-7-11-15-21-31-47-35-27-43(37-41(47)3)44-28-36-48(42(4)38-44)32-22-16-12-8-6-10-14-20-30-46-34-24-18-26-40(46)2/h17-18,23-28,33-38H,5-16,19-22,29-32H2,1-4H3/q+4. The predicted molar refractivity (Wildman–Crippen MR) is 198 cm³/mol. The minimum Gasteiger partial charge on any atom is -0.203 e. The van der Waals surface area contributed by atoms with Crippen LogP contribution in [0.1, 0.15) is 126 Å². The van der Waals surface area contributed by atoms with Crippen molar-refractivity contribution in [3.8, 4) is 11.1 Å². The molecule has 0 spiro atoms. The summed E-state index contributed by atoms with van der Waals surface area (Å²) in [5, 5.41) is 0. The topological polar surface area (TPSA) is 15.5 Å². The van der Waals surface area contributed by atoms with Gasteiger partial charge in [0.15, 0.2) is 47.6 Å². The number of hydrogen-bond donors (Lipinski definition) is 0. The van der Waals surface area contributed by atoms with Crippen molar-refractivity contribution in [2.75, 3.05) is 0 Å². The quantitative estimate of drug-likeness (QED) is 0.0562. The third kappa shape index (κ3) is 13.2.